The lowest BCUT2D eigenvalue weighted by atomic mass is 9.92. The molecule has 2 heteroatoms. The Kier molecular flexibility index (Phi) is 2.89. The Bertz CT molecular complexity index is 171. The third-order valence-corrected chi connectivity index (χ3v) is 5.03. The summed E-state index contributed by atoms with van der Waals surface area (Å²) in [6.07, 6.45) is 5.78. The lowest BCUT2D eigenvalue weighted by Crippen LogP contribution is -2.46. The second-order valence-corrected chi connectivity index (χ2v) is 6.27. The van der Waals surface area contributed by atoms with Crippen LogP contribution in [0, 0.1) is 5.92 Å². The number of nitrogens with one attached hydrogen (secondary N) is 1. The van der Waals surface area contributed by atoms with Crippen LogP contribution in [0.25, 0.3) is 0 Å². The van der Waals surface area contributed by atoms with Gasteiger partial charge in [-0.05, 0) is 50.8 Å². The molecule has 0 spiro atoms. The van der Waals surface area contributed by atoms with E-state index in [0.717, 1.165) is 18.5 Å². The Balaban J connectivity index is 1.99. The van der Waals surface area contributed by atoms with Gasteiger partial charge in [0.05, 0.1) is 0 Å². The van der Waals surface area contributed by atoms with E-state index in [2.05, 4.69) is 30.9 Å². The molecule has 1 aliphatic carbocycles. The van der Waals surface area contributed by atoms with E-state index in [4.69, 9.17) is 0 Å². The summed E-state index contributed by atoms with van der Waals surface area (Å²) in [6, 6.07) is 0.796. The summed E-state index contributed by atoms with van der Waals surface area (Å²) in [4.78, 5) is 0. The molecule has 1 nitrogen and oxygen atoms in total. The molecule has 0 aromatic heterocycles. The highest BCUT2D eigenvalue weighted by molar-refractivity contribution is 8.00. The summed E-state index contributed by atoms with van der Waals surface area (Å²) in [5.41, 5.74) is 0. The van der Waals surface area contributed by atoms with Crippen LogP contribution in [0.2, 0.25) is 0 Å². The van der Waals surface area contributed by atoms with Crippen molar-refractivity contribution in [3.8, 4) is 0 Å². The lowest BCUT2D eigenvalue weighted by Gasteiger charge is -2.34. The zero-order valence-corrected chi connectivity index (χ0v) is 9.62. The highest BCUT2D eigenvalue weighted by atomic mass is 32.2. The van der Waals surface area contributed by atoms with Crippen LogP contribution >= 0.6 is 11.8 Å². The van der Waals surface area contributed by atoms with Gasteiger partial charge in [0, 0.05) is 10.8 Å². The zero-order chi connectivity index (χ0) is 9.31. The smallest absolute Gasteiger partial charge is 0.0287 e. The molecule has 2 aliphatic rings. The Labute approximate surface area is 86.0 Å². The fourth-order valence-corrected chi connectivity index (χ4v) is 4.08. The Morgan fingerprint density at radius 3 is 2.77 bits per heavy atom. The maximum Gasteiger partial charge on any atom is 0.0287 e. The van der Waals surface area contributed by atoms with E-state index < -0.39 is 0 Å². The third-order valence-electron chi connectivity index (χ3n) is 3.42. The normalized spacial score (nSPS) is 36.5. The van der Waals surface area contributed by atoms with Crippen molar-refractivity contribution in [3.05, 3.63) is 0 Å². The van der Waals surface area contributed by atoms with E-state index in [-0.39, 0.29) is 0 Å². The van der Waals surface area contributed by atoms with Crippen LogP contribution in [-0.2, 0) is 0 Å². The SMILES string of the molecule is CCNC(C1CC1)C1(C)CCCS1. The summed E-state index contributed by atoms with van der Waals surface area (Å²) in [6.45, 7) is 5.84. The molecule has 1 aliphatic heterocycles. The predicted molar refractivity (Wildman–Crippen MR) is 60.3 cm³/mol. The first-order valence-corrected chi connectivity index (χ1v) is 6.62. The lowest BCUT2D eigenvalue weighted by molar-refractivity contribution is 0.372. The van der Waals surface area contributed by atoms with Gasteiger partial charge in [0.2, 0.25) is 0 Å². The number of thioether (sulfide) groups is 1. The van der Waals surface area contributed by atoms with Gasteiger partial charge in [-0.25, -0.2) is 0 Å². The maximum atomic E-state index is 3.71. The standard InChI is InChI=1S/C11H21NS/c1-3-12-10(9-5-6-9)11(2)7-4-8-13-11/h9-10,12H,3-8H2,1-2H3. The van der Waals surface area contributed by atoms with Crippen molar-refractivity contribution in [2.45, 2.75) is 50.3 Å². The Morgan fingerprint density at radius 1 is 1.54 bits per heavy atom. The summed E-state index contributed by atoms with van der Waals surface area (Å²) in [5, 5.41) is 3.71. The molecule has 2 unspecified atom stereocenters. The molecule has 0 bridgehead atoms. The minimum Gasteiger partial charge on any atom is -0.313 e. The molecule has 1 saturated carbocycles. The fraction of sp³-hybridized carbons (Fsp3) is 1.00. The van der Waals surface area contributed by atoms with Gasteiger partial charge in [-0.15, -0.1) is 0 Å². The first-order chi connectivity index (χ1) is 6.26. The molecule has 1 heterocycles. The van der Waals surface area contributed by atoms with Gasteiger partial charge < -0.3 is 5.32 Å². The van der Waals surface area contributed by atoms with E-state index in [9.17, 15) is 0 Å². The summed E-state index contributed by atoms with van der Waals surface area (Å²) >= 11 is 2.20. The average Bonchev–Trinajstić information content (AvgIpc) is 2.85. The average molecular weight is 199 g/mol. The minimum absolute atomic E-state index is 0.553. The molecular formula is C11H21NS. The van der Waals surface area contributed by atoms with Crippen molar-refractivity contribution in [2.24, 2.45) is 5.92 Å². The molecule has 13 heavy (non-hydrogen) atoms. The molecule has 0 aromatic rings. The van der Waals surface area contributed by atoms with Crippen LogP contribution in [0.15, 0.2) is 0 Å². The summed E-state index contributed by atoms with van der Waals surface area (Å²) in [7, 11) is 0. The topological polar surface area (TPSA) is 12.0 Å². The van der Waals surface area contributed by atoms with Crippen molar-refractivity contribution in [2.75, 3.05) is 12.3 Å². The van der Waals surface area contributed by atoms with Crippen LogP contribution in [0.5, 0.6) is 0 Å². The van der Waals surface area contributed by atoms with Crippen molar-refractivity contribution in [1.82, 2.24) is 5.32 Å². The molecule has 0 radical (unpaired) electrons. The van der Waals surface area contributed by atoms with Crippen molar-refractivity contribution < 1.29 is 0 Å². The fourth-order valence-electron chi connectivity index (χ4n) is 2.58. The first-order valence-electron chi connectivity index (χ1n) is 5.63. The van der Waals surface area contributed by atoms with Gasteiger partial charge in [0.1, 0.15) is 0 Å². The van der Waals surface area contributed by atoms with Crippen molar-refractivity contribution >= 4 is 11.8 Å². The second kappa shape index (κ2) is 3.82. The van der Waals surface area contributed by atoms with Gasteiger partial charge in [-0.2, -0.15) is 11.8 Å². The molecule has 2 atom stereocenters. The molecule has 1 N–H and O–H groups in total. The number of hydrogen-bond donors (Lipinski definition) is 1. The summed E-state index contributed by atoms with van der Waals surface area (Å²) in [5.74, 6) is 2.38. The van der Waals surface area contributed by atoms with E-state index in [1.165, 1.54) is 31.4 Å². The number of hydrogen-bond acceptors (Lipinski definition) is 2. The van der Waals surface area contributed by atoms with Crippen LogP contribution in [-0.4, -0.2) is 23.1 Å². The van der Waals surface area contributed by atoms with Crippen molar-refractivity contribution in [1.29, 1.82) is 0 Å². The van der Waals surface area contributed by atoms with Crippen LogP contribution in [0.3, 0.4) is 0 Å². The predicted octanol–water partition coefficient (Wildman–Crippen LogP) is 2.66. The molecule has 0 amide bonds. The van der Waals surface area contributed by atoms with Gasteiger partial charge in [-0.1, -0.05) is 6.92 Å². The molecule has 2 rings (SSSR count). The monoisotopic (exact) mass is 199 g/mol. The molecule has 0 aromatic carbocycles. The minimum atomic E-state index is 0.553. The third kappa shape index (κ3) is 2.04. The van der Waals surface area contributed by atoms with E-state index in [1.807, 2.05) is 0 Å². The number of rotatable bonds is 4. The Hall–Kier alpha value is 0.310. The van der Waals surface area contributed by atoms with Crippen LogP contribution in [0.1, 0.15) is 39.5 Å². The Morgan fingerprint density at radius 2 is 2.31 bits per heavy atom. The largest absolute Gasteiger partial charge is 0.313 e. The summed E-state index contributed by atoms with van der Waals surface area (Å²) < 4.78 is 0.553. The van der Waals surface area contributed by atoms with Crippen molar-refractivity contribution in [3.63, 3.8) is 0 Å². The van der Waals surface area contributed by atoms with E-state index in [0.29, 0.717) is 4.75 Å². The maximum absolute atomic E-state index is 3.71. The van der Waals surface area contributed by atoms with Gasteiger partial charge >= 0.3 is 0 Å². The zero-order valence-electron chi connectivity index (χ0n) is 8.81. The quantitative estimate of drug-likeness (QED) is 0.747. The van der Waals surface area contributed by atoms with Gasteiger partial charge in [0.25, 0.3) is 0 Å². The highest BCUT2D eigenvalue weighted by Crippen LogP contribution is 2.48. The molecule has 76 valence electrons. The van der Waals surface area contributed by atoms with E-state index >= 15 is 0 Å². The van der Waals surface area contributed by atoms with Gasteiger partial charge in [-0.3, -0.25) is 0 Å². The van der Waals surface area contributed by atoms with Crippen LogP contribution < -0.4 is 5.32 Å². The highest BCUT2D eigenvalue weighted by Gasteiger charge is 2.45. The first kappa shape index (κ1) is 9.85. The second-order valence-electron chi connectivity index (χ2n) is 4.64. The van der Waals surface area contributed by atoms with Crippen LogP contribution in [0.4, 0.5) is 0 Å². The molecular weight excluding hydrogens is 178 g/mol. The van der Waals surface area contributed by atoms with E-state index in [1.54, 1.807) is 0 Å². The van der Waals surface area contributed by atoms with Gasteiger partial charge in [0.15, 0.2) is 0 Å². The molecule has 1 saturated heterocycles. The molecule has 2 fully saturated rings.